The molecule has 0 N–H and O–H groups in total. The minimum Gasteiger partial charge on any atom is -0.480 e. The Morgan fingerprint density at radius 3 is 2.68 bits per heavy atom. The van der Waals surface area contributed by atoms with E-state index in [2.05, 4.69) is 21.0 Å². The number of fused-ring (bicyclic) bond motifs is 1. The Kier molecular flexibility index (Phi) is 5.85. The van der Waals surface area contributed by atoms with Crippen molar-refractivity contribution in [1.82, 2.24) is 19.9 Å². The lowest BCUT2D eigenvalue weighted by atomic mass is 9.99. The van der Waals surface area contributed by atoms with Crippen molar-refractivity contribution in [2.24, 2.45) is 0 Å². The van der Waals surface area contributed by atoms with E-state index in [1.165, 1.54) is 13.4 Å². The van der Waals surface area contributed by atoms with Crippen LogP contribution in [0.1, 0.15) is 15.9 Å². The Labute approximate surface area is 196 Å². The lowest BCUT2D eigenvalue weighted by Crippen LogP contribution is -2.40. The lowest BCUT2D eigenvalue weighted by molar-refractivity contribution is 0.0303. The maximum atomic E-state index is 13.0. The summed E-state index contributed by atoms with van der Waals surface area (Å²) in [5.74, 6) is 0.273. The Hall–Kier alpha value is -4.35. The predicted octanol–water partition coefficient (Wildman–Crippen LogP) is 3.71. The van der Waals surface area contributed by atoms with Gasteiger partial charge in [0, 0.05) is 41.4 Å². The van der Waals surface area contributed by atoms with Crippen LogP contribution < -0.4 is 4.74 Å². The van der Waals surface area contributed by atoms with Crippen LogP contribution in [-0.2, 0) is 4.74 Å². The van der Waals surface area contributed by atoms with E-state index in [4.69, 9.17) is 9.47 Å². The van der Waals surface area contributed by atoms with Crippen molar-refractivity contribution in [1.29, 1.82) is 5.26 Å². The Bertz CT molecular complexity index is 1420. The van der Waals surface area contributed by atoms with Gasteiger partial charge in [0.1, 0.15) is 18.0 Å². The molecule has 8 heteroatoms. The summed E-state index contributed by atoms with van der Waals surface area (Å²) in [6.07, 6.45) is 3.20. The van der Waals surface area contributed by atoms with Crippen molar-refractivity contribution in [3.05, 3.63) is 72.2 Å². The van der Waals surface area contributed by atoms with Crippen LogP contribution in [0.4, 0.5) is 0 Å². The molecule has 0 spiro atoms. The molecule has 5 rings (SSSR count). The second-order valence-corrected chi connectivity index (χ2v) is 7.83. The molecule has 0 radical (unpaired) electrons. The molecule has 8 nitrogen and oxygen atoms in total. The number of hydrogen-bond donors (Lipinski definition) is 0. The number of amides is 1. The van der Waals surface area contributed by atoms with E-state index < -0.39 is 0 Å². The van der Waals surface area contributed by atoms with Crippen LogP contribution in [0.3, 0.4) is 0 Å². The number of benzene rings is 2. The molecule has 1 aliphatic rings. The molecular formula is C26H21N5O3. The SMILES string of the molecule is COc1ncc(-c2ccc3ncnc(-c4cccc(C(=O)N5CCOCC5)c4)c3c2)cc1C#N. The molecule has 3 heterocycles. The number of pyridine rings is 1. The summed E-state index contributed by atoms with van der Waals surface area (Å²) in [5.41, 5.74) is 4.96. The average Bonchev–Trinajstić information content (AvgIpc) is 2.92. The number of carbonyl (C=O) groups excluding carboxylic acids is 1. The van der Waals surface area contributed by atoms with Crippen molar-refractivity contribution in [2.75, 3.05) is 33.4 Å². The van der Waals surface area contributed by atoms with Gasteiger partial charge in [0.2, 0.25) is 5.88 Å². The predicted molar refractivity (Wildman–Crippen MR) is 126 cm³/mol. The van der Waals surface area contributed by atoms with Crippen LogP contribution in [0, 0.1) is 11.3 Å². The van der Waals surface area contributed by atoms with Gasteiger partial charge < -0.3 is 14.4 Å². The molecule has 4 aromatic rings. The molecule has 0 unspecified atom stereocenters. The van der Waals surface area contributed by atoms with Gasteiger partial charge in [-0.3, -0.25) is 4.79 Å². The number of ether oxygens (including phenoxy) is 2. The fourth-order valence-electron chi connectivity index (χ4n) is 4.07. The summed E-state index contributed by atoms with van der Waals surface area (Å²) in [4.78, 5) is 28.0. The molecule has 0 saturated carbocycles. The van der Waals surface area contributed by atoms with Gasteiger partial charge in [0.15, 0.2) is 0 Å². The zero-order valence-electron chi connectivity index (χ0n) is 18.6. The number of morpholine rings is 1. The van der Waals surface area contributed by atoms with E-state index in [0.29, 0.717) is 37.4 Å². The first-order valence-electron chi connectivity index (χ1n) is 10.8. The number of methoxy groups -OCH3 is 1. The highest BCUT2D eigenvalue weighted by Crippen LogP contribution is 2.31. The number of hydrogen-bond acceptors (Lipinski definition) is 7. The zero-order chi connectivity index (χ0) is 23.5. The van der Waals surface area contributed by atoms with Gasteiger partial charge in [-0.2, -0.15) is 5.26 Å². The monoisotopic (exact) mass is 451 g/mol. The quantitative estimate of drug-likeness (QED) is 0.466. The third-order valence-electron chi connectivity index (χ3n) is 5.81. The van der Waals surface area contributed by atoms with E-state index >= 15 is 0 Å². The third kappa shape index (κ3) is 4.05. The van der Waals surface area contributed by atoms with Gasteiger partial charge in [0.25, 0.3) is 5.91 Å². The molecule has 0 bridgehead atoms. The summed E-state index contributed by atoms with van der Waals surface area (Å²) in [5, 5.41) is 10.3. The molecule has 1 fully saturated rings. The second-order valence-electron chi connectivity index (χ2n) is 7.83. The highest BCUT2D eigenvalue weighted by Gasteiger charge is 2.19. The van der Waals surface area contributed by atoms with Gasteiger partial charge >= 0.3 is 0 Å². The first-order chi connectivity index (χ1) is 16.7. The van der Waals surface area contributed by atoms with Crippen molar-refractivity contribution < 1.29 is 14.3 Å². The summed E-state index contributed by atoms with van der Waals surface area (Å²) in [7, 11) is 1.49. The minimum atomic E-state index is -0.0162. The topological polar surface area (TPSA) is 101 Å². The van der Waals surface area contributed by atoms with E-state index in [9.17, 15) is 10.1 Å². The normalized spacial score (nSPS) is 13.5. The van der Waals surface area contributed by atoms with Crippen LogP contribution in [-0.4, -0.2) is 59.2 Å². The summed E-state index contributed by atoms with van der Waals surface area (Å²) >= 11 is 0. The van der Waals surface area contributed by atoms with Gasteiger partial charge in [-0.05, 0) is 35.9 Å². The van der Waals surface area contributed by atoms with Crippen molar-refractivity contribution in [2.45, 2.75) is 0 Å². The van der Waals surface area contributed by atoms with Crippen LogP contribution in [0.5, 0.6) is 5.88 Å². The van der Waals surface area contributed by atoms with Gasteiger partial charge in [-0.25, -0.2) is 15.0 Å². The van der Waals surface area contributed by atoms with E-state index in [1.807, 2.05) is 47.4 Å². The molecule has 1 amide bonds. The third-order valence-corrected chi connectivity index (χ3v) is 5.81. The van der Waals surface area contributed by atoms with Crippen LogP contribution in [0.25, 0.3) is 33.3 Å². The second kappa shape index (κ2) is 9.25. The first-order valence-corrected chi connectivity index (χ1v) is 10.8. The van der Waals surface area contributed by atoms with Gasteiger partial charge in [-0.1, -0.05) is 18.2 Å². The fraction of sp³-hybridized carbons (Fsp3) is 0.192. The Morgan fingerprint density at radius 1 is 1.03 bits per heavy atom. The molecule has 1 saturated heterocycles. The van der Waals surface area contributed by atoms with Crippen LogP contribution >= 0.6 is 0 Å². The van der Waals surface area contributed by atoms with Crippen LogP contribution in [0.15, 0.2) is 61.1 Å². The van der Waals surface area contributed by atoms with E-state index in [1.54, 1.807) is 12.3 Å². The summed E-state index contributed by atoms with van der Waals surface area (Å²) < 4.78 is 10.5. The standard InChI is InChI=1S/C26H21N5O3/c1-33-25-20(14-27)12-21(15-28-25)17-5-6-23-22(13-17)24(30-16-29-23)18-3-2-4-19(11-18)26(32)31-7-9-34-10-8-31/h2-6,11-13,15-16H,7-10H2,1H3. The number of rotatable bonds is 4. The maximum absolute atomic E-state index is 13.0. The van der Waals surface area contributed by atoms with E-state index in [-0.39, 0.29) is 11.8 Å². The first kappa shape index (κ1) is 21.5. The molecule has 1 aliphatic heterocycles. The smallest absolute Gasteiger partial charge is 0.254 e. The van der Waals surface area contributed by atoms with Crippen molar-refractivity contribution in [3.63, 3.8) is 0 Å². The van der Waals surface area contributed by atoms with Crippen LogP contribution in [0.2, 0.25) is 0 Å². The highest BCUT2D eigenvalue weighted by atomic mass is 16.5. The Balaban J connectivity index is 1.56. The average molecular weight is 451 g/mol. The van der Waals surface area contributed by atoms with Crippen molar-refractivity contribution >= 4 is 16.8 Å². The number of aromatic nitrogens is 3. The molecule has 168 valence electrons. The number of nitriles is 1. The molecule has 34 heavy (non-hydrogen) atoms. The fourth-order valence-corrected chi connectivity index (χ4v) is 4.07. The molecule has 0 atom stereocenters. The summed E-state index contributed by atoms with van der Waals surface area (Å²) in [6.45, 7) is 2.28. The van der Waals surface area contributed by atoms with Gasteiger partial charge in [0.05, 0.1) is 31.5 Å². The molecular weight excluding hydrogens is 430 g/mol. The number of nitrogens with zero attached hydrogens (tertiary/aromatic N) is 5. The Morgan fingerprint density at radius 2 is 1.88 bits per heavy atom. The van der Waals surface area contributed by atoms with Gasteiger partial charge in [-0.15, -0.1) is 0 Å². The minimum absolute atomic E-state index is 0.0162. The zero-order valence-corrected chi connectivity index (χ0v) is 18.6. The maximum Gasteiger partial charge on any atom is 0.254 e. The largest absolute Gasteiger partial charge is 0.480 e. The van der Waals surface area contributed by atoms with Crippen molar-refractivity contribution in [3.8, 4) is 34.3 Å². The number of carbonyl (C=O) groups is 1. The summed E-state index contributed by atoms with van der Waals surface area (Å²) in [6, 6.07) is 17.2. The molecule has 2 aromatic heterocycles. The molecule has 2 aromatic carbocycles. The highest BCUT2D eigenvalue weighted by molar-refractivity contribution is 5.98. The lowest BCUT2D eigenvalue weighted by Gasteiger charge is -2.27. The van der Waals surface area contributed by atoms with E-state index in [0.717, 1.165) is 33.3 Å². The molecule has 0 aliphatic carbocycles.